The van der Waals surface area contributed by atoms with E-state index in [-0.39, 0.29) is 11.9 Å². The smallest absolute Gasteiger partial charge is 0.311 e. The lowest BCUT2D eigenvalue weighted by atomic mass is 9.97. The first kappa shape index (κ1) is 10.1. The van der Waals surface area contributed by atoms with E-state index in [9.17, 15) is 4.79 Å². The minimum absolute atomic E-state index is 0.0818. The standard InChI is InChI=1S/C11H15NO3/c1-2-3-15-11(13)8-4-9-6-14-7-10(9)12-5-8/h6-8,12H,2-5H2,1H3. The second-order valence-electron chi connectivity index (χ2n) is 3.76. The number of esters is 1. The predicted molar refractivity (Wildman–Crippen MR) is 55.6 cm³/mol. The molecule has 15 heavy (non-hydrogen) atoms. The second kappa shape index (κ2) is 4.38. The Kier molecular flexibility index (Phi) is 2.94. The molecule has 1 aromatic rings. The molecular weight excluding hydrogens is 194 g/mol. The van der Waals surface area contributed by atoms with Crippen LogP contribution in [0.4, 0.5) is 5.69 Å². The summed E-state index contributed by atoms with van der Waals surface area (Å²) in [7, 11) is 0. The van der Waals surface area contributed by atoms with Crippen molar-refractivity contribution in [3.63, 3.8) is 0 Å². The Morgan fingerprint density at radius 3 is 3.33 bits per heavy atom. The van der Waals surface area contributed by atoms with Gasteiger partial charge in [-0.05, 0) is 12.8 Å². The highest BCUT2D eigenvalue weighted by Crippen LogP contribution is 2.26. The summed E-state index contributed by atoms with van der Waals surface area (Å²) in [5, 5.41) is 3.16. The van der Waals surface area contributed by atoms with Crippen molar-refractivity contribution in [3.05, 3.63) is 18.1 Å². The molecule has 4 nitrogen and oxygen atoms in total. The molecule has 0 saturated carbocycles. The maximum Gasteiger partial charge on any atom is 0.311 e. The fourth-order valence-electron chi connectivity index (χ4n) is 1.69. The molecule has 1 aromatic heterocycles. The Morgan fingerprint density at radius 2 is 2.53 bits per heavy atom. The van der Waals surface area contributed by atoms with Gasteiger partial charge >= 0.3 is 5.97 Å². The van der Waals surface area contributed by atoms with Crippen LogP contribution in [0.25, 0.3) is 0 Å². The summed E-state index contributed by atoms with van der Waals surface area (Å²) >= 11 is 0. The van der Waals surface area contributed by atoms with Gasteiger partial charge in [-0.3, -0.25) is 4.79 Å². The first-order chi connectivity index (χ1) is 7.31. The number of hydrogen-bond donors (Lipinski definition) is 1. The highest BCUT2D eigenvalue weighted by Gasteiger charge is 2.26. The van der Waals surface area contributed by atoms with Crippen LogP contribution >= 0.6 is 0 Å². The van der Waals surface area contributed by atoms with Crippen molar-refractivity contribution in [1.82, 2.24) is 0 Å². The monoisotopic (exact) mass is 209 g/mol. The van der Waals surface area contributed by atoms with Crippen LogP contribution in [0.1, 0.15) is 18.9 Å². The van der Waals surface area contributed by atoms with Crippen LogP contribution < -0.4 is 5.32 Å². The molecule has 1 atom stereocenters. The van der Waals surface area contributed by atoms with Gasteiger partial charge < -0.3 is 14.5 Å². The van der Waals surface area contributed by atoms with E-state index in [0.29, 0.717) is 19.6 Å². The Bertz CT molecular complexity index is 345. The molecule has 1 unspecified atom stereocenters. The number of carbonyl (C=O) groups excluding carboxylic acids is 1. The van der Waals surface area contributed by atoms with Crippen molar-refractivity contribution in [2.24, 2.45) is 5.92 Å². The summed E-state index contributed by atoms with van der Waals surface area (Å²) in [6.45, 7) is 3.13. The molecular formula is C11H15NO3. The Balaban J connectivity index is 1.94. The van der Waals surface area contributed by atoms with Gasteiger partial charge in [0.25, 0.3) is 0 Å². The van der Waals surface area contributed by atoms with Gasteiger partial charge in [0.2, 0.25) is 0 Å². The third-order valence-corrected chi connectivity index (χ3v) is 2.53. The number of rotatable bonds is 3. The van der Waals surface area contributed by atoms with Gasteiger partial charge in [-0.15, -0.1) is 0 Å². The minimum Gasteiger partial charge on any atom is -0.470 e. The highest BCUT2D eigenvalue weighted by atomic mass is 16.5. The molecule has 2 rings (SSSR count). The maximum absolute atomic E-state index is 11.6. The molecule has 0 aliphatic carbocycles. The van der Waals surface area contributed by atoms with E-state index in [1.54, 1.807) is 12.5 Å². The van der Waals surface area contributed by atoms with Crippen molar-refractivity contribution >= 4 is 11.7 Å². The molecule has 0 bridgehead atoms. The quantitative estimate of drug-likeness (QED) is 0.771. The number of fused-ring (bicyclic) bond motifs is 1. The second-order valence-corrected chi connectivity index (χ2v) is 3.76. The maximum atomic E-state index is 11.6. The van der Waals surface area contributed by atoms with Gasteiger partial charge in [-0.1, -0.05) is 6.92 Å². The van der Waals surface area contributed by atoms with Crippen LogP contribution in [0.5, 0.6) is 0 Å². The molecule has 0 spiro atoms. The average molecular weight is 209 g/mol. The zero-order valence-electron chi connectivity index (χ0n) is 8.79. The predicted octanol–water partition coefficient (Wildman–Crippen LogP) is 1.82. The van der Waals surface area contributed by atoms with E-state index < -0.39 is 0 Å². The third kappa shape index (κ3) is 2.14. The summed E-state index contributed by atoms with van der Waals surface area (Å²) < 4.78 is 10.2. The largest absolute Gasteiger partial charge is 0.470 e. The molecule has 0 saturated heterocycles. The summed E-state index contributed by atoms with van der Waals surface area (Å²) in [4.78, 5) is 11.6. The Labute approximate surface area is 88.6 Å². The summed E-state index contributed by atoms with van der Waals surface area (Å²) in [5.74, 6) is -0.196. The van der Waals surface area contributed by atoms with E-state index in [1.807, 2.05) is 6.92 Å². The van der Waals surface area contributed by atoms with Crippen molar-refractivity contribution in [2.75, 3.05) is 18.5 Å². The average Bonchev–Trinajstić information content (AvgIpc) is 2.72. The van der Waals surface area contributed by atoms with Gasteiger partial charge in [-0.2, -0.15) is 0 Å². The molecule has 1 aliphatic heterocycles. The fourth-order valence-corrected chi connectivity index (χ4v) is 1.69. The lowest BCUT2D eigenvalue weighted by Gasteiger charge is -2.21. The zero-order valence-corrected chi connectivity index (χ0v) is 8.79. The molecule has 1 aliphatic rings. The molecule has 82 valence electrons. The van der Waals surface area contributed by atoms with Crippen LogP contribution in [-0.2, 0) is 16.0 Å². The molecule has 0 aromatic carbocycles. The molecule has 2 heterocycles. The van der Waals surface area contributed by atoms with E-state index in [0.717, 1.165) is 17.7 Å². The number of hydrogen-bond acceptors (Lipinski definition) is 4. The van der Waals surface area contributed by atoms with Gasteiger partial charge in [0.05, 0.1) is 24.5 Å². The van der Waals surface area contributed by atoms with Gasteiger partial charge in [0, 0.05) is 12.1 Å². The van der Waals surface area contributed by atoms with Crippen LogP contribution in [0.2, 0.25) is 0 Å². The first-order valence-corrected chi connectivity index (χ1v) is 5.27. The fraction of sp³-hybridized carbons (Fsp3) is 0.545. The van der Waals surface area contributed by atoms with E-state index in [1.165, 1.54) is 0 Å². The molecule has 4 heteroatoms. The Morgan fingerprint density at radius 1 is 1.67 bits per heavy atom. The number of furan rings is 1. The molecule has 0 fully saturated rings. The van der Waals surface area contributed by atoms with Crippen molar-refractivity contribution < 1.29 is 13.9 Å². The van der Waals surface area contributed by atoms with Crippen molar-refractivity contribution in [1.29, 1.82) is 0 Å². The van der Waals surface area contributed by atoms with Gasteiger partial charge in [0.15, 0.2) is 0 Å². The molecule has 0 radical (unpaired) electrons. The van der Waals surface area contributed by atoms with Crippen LogP contribution in [-0.4, -0.2) is 19.1 Å². The number of carbonyl (C=O) groups is 1. The lowest BCUT2D eigenvalue weighted by Crippen LogP contribution is -2.30. The summed E-state index contributed by atoms with van der Waals surface area (Å²) in [6, 6.07) is 0. The van der Waals surface area contributed by atoms with Gasteiger partial charge in [0.1, 0.15) is 6.26 Å². The highest BCUT2D eigenvalue weighted by molar-refractivity contribution is 5.75. The zero-order chi connectivity index (χ0) is 10.7. The minimum atomic E-state index is -0.115. The van der Waals surface area contributed by atoms with E-state index in [2.05, 4.69) is 5.32 Å². The van der Waals surface area contributed by atoms with E-state index >= 15 is 0 Å². The third-order valence-electron chi connectivity index (χ3n) is 2.53. The SMILES string of the molecule is CCCOC(=O)C1CNc2cocc2C1. The topological polar surface area (TPSA) is 51.5 Å². The van der Waals surface area contributed by atoms with Crippen molar-refractivity contribution in [3.8, 4) is 0 Å². The lowest BCUT2D eigenvalue weighted by molar-refractivity contribution is -0.148. The number of nitrogens with one attached hydrogen (secondary N) is 1. The van der Waals surface area contributed by atoms with Gasteiger partial charge in [-0.25, -0.2) is 0 Å². The summed E-state index contributed by atoms with van der Waals surface area (Å²) in [5.41, 5.74) is 2.05. The van der Waals surface area contributed by atoms with Crippen LogP contribution in [0.3, 0.4) is 0 Å². The summed E-state index contributed by atoms with van der Waals surface area (Å²) in [6.07, 6.45) is 4.93. The molecule has 0 amide bonds. The Hall–Kier alpha value is -1.45. The number of anilines is 1. The first-order valence-electron chi connectivity index (χ1n) is 5.27. The van der Waals surface area contributed by atoms with E-state index in [4.69, 9.17) is 9.15 Å². The van der Waals surface area contributed by atoms with Crippen LogP contribution in [0.15, 0.2) is 16.9 Å². The number of ether oxygens (including phenoxy) is 1. The van der Waals surface area contributed by atoms with Crippen LogP contribution in [0, 0.1) is 5.92 Å². The normalized spacial score (nSPS) is 19.1. The molecule has 1 N–H and O–H groups in total. The van der Waals surface area contributed by atoms with Crippen molar-refractivity contribution in [2.45, 2.75) is 19.8 Å².